The van der Waals surface area contributed by atoms with Gasteiger partial charge >= 0.3 is 12.0 Å². The van der Waals surface area contributed by atoms with Crippen LogP contribution in [0.3, 0.4) is 0 Å². The molecular formula is C15H19BrN2O3. The van der Waals surface area contributed by atoms with Crippen molar-refractivity contribution in [1.82, 2.24) is 4.90 Å². The molecule has 1 aromatic rings. The first-order valence-corrected chi connectivity index (χ1v) is 7.64. The largest absolute Gasteiger partial charge is 0.480 e. The van der Waals surface area contributed by atoms with E-state index in [0.717, 1.165) is 15.6 Å². The summed E-state index contributed by atoms with van der Waals surface area (Å²) in [5.41, 5.74) is 1.58. The summed E-state index contributed by atoms with van der Waals surface area (Å²) in [7, 11) is 0. The van der Waals surface area contributed by atoms with Crippen LogP contribution < -0.4 is 5.32 Å². The Bertz CT molecular complexity index is 580. The van der Waals surface area contributed by atoms with Crippen molar-refractivity contribution in [2.24, 2.45) is 0 Å². The van der Waals surface area contributed by atoms with Gasteiger partial charge in [-0.3, -0.25) is 0 Å². The lowest BCUT2D eigenvalue weighted by atomic mass is 10.00. The quantitative estimate of drug-likeness (QED) is 0.853. The van der Waals surface area contributed by atoms with Crippen LogP contribution in [0, 0.1) is 13.8 Å². The third-order valence-corrected chi connectivity index (χ3v) is 4.64. The number of benzene rings is 1. The van der Waals surface area contributed by atoms with Crippen molar-refractivity contribution >= 4 is 33.6 Å². The smallest absolute Gasteiger partial charge is 0.329 e. The molecule has 0 radical (unpaired) electrons. The summed E-state index contributed by atoms with van der Waals surface area (Å²) in [6.45, 7) is 5.94. The fraction of sp³-hybridized carbons (Fsp3) is 0.467. The zero-order valence-corrected chi connectivity index (χ0v) is 14.0. The molecule has 1 heterocycles. The number of rotatable bonds is 2. The molecule has 6 heteroatoms. The van der Waals surface area contributed by atoms with Crippen LogP contribution in [0.5, 0.6) is 0 Å². The number of nitrogens with zero attached hydrogens (tertiary/aromatic N) is 1. The van der Waals surface area contributed by atoms with Gasteiger partial charge in [-0.15, -0.1) is 0 Å². The number of amides is 2. The van der Waals surface area contributed by atoms with E-state index in [0.29, 0.717) is 25.1 Å². The second kappa shape index (κ2) is 5.67. The summed E-state index contributed by atoms with van der Waals surface area (Å²) < 4.78 is 0.796. The van der Waals surface area contributed by atoms with Crippen molar-refractivity contribution in [3.63, 3.8) is 0 Å². The van der Waals surface area contributed by atoms with Gasteiger partial charge in [0.15, 0.2) is 0 Å². The lowest BCUT2D eigenvalue weighted by Crippen LogP contribution is -2.52. The molecule has 2 N–H and O–H groups in total. The second-order valence-electron chi connectivity index (χ2n) is 5.70. The van der Waals surface area contributed by atoms with E-state index in [2.05, 4.69) is 21.2 Å². The number of urea groups is 1. The molecule has 0 aliphatic carbocycles. The minimum atomic E-state index is -1.13. The summed E-state index contributed by atoms with van der Waals surface area (Å²) in [5, 5.41) is 12.2. The van der Waals surface area contributed by atoms with Gasteiger partial charge in [0, 0.05) is 11.0 Å². The topological polar surface area (TPSA) is 69.6 Å². The molecule has 1 atom stereocenters. The third kappa shape index (κ3) is 2.90. The molecule has 114 valence electrons. The maximum Gasteiger partial charge on any atom is 0.329 e. The van der Waals surface area contributed by atoms with Crippen LogP contribution in [0.4, 0.5) is 10.5 Å². The Morgan fingerprint density at radius 3 is 2.62 bits per heavy atom. The van der Waals surface area contributed by atoms with Gasteiger partial charge in [0.05, 0.1) is 5.69 Å². The van der Waals surface area contributed by atoms with E-state index in [-0.39, 0.29) is 6.03 Å². The normalized spacial score (nSPS) is 21.4. The first-order chi connectivity index (χ1) is 9.75. The summed E-state index contributed by atoms with van der Waals surface area (Å²) in [6.07, 6.45) is 1.17. The molecule has 0 aromatic heterocycles. The second-order valence-corrected chi connectivity index (χ2v) is 6.56. The number of aryl methyl sites for hydroxylation is 2. The first kappa shape index (κ1) is 15.8. The van der Waals surface area contributed by atoms with Gasteiger partial charge in [-0.1, -0.05) is 6.07 Å². The Labute approximate surface area is 132 Å². The van der Waals surface area contributed by atoms with Crippen LogP contribution in [0.25, 0.3) is 0 Å². The van der Waals surface area contributed by atoms with E-state index in [1.54, 1.807) is 6.92 Å². The van der Waals surface area contributed by atoms with Gasteiger partial charge in [0.1, 0.15) is 5.54 Å². The predicted molar refractivity (Wildman–Crippen MR) is 84.6 cm³/mol. The molecule has 1 unspecified atom stereocenters. The molecule has 0 spiro atoms. The maximum atomic E-state index is 12.5. The lowest BCUT2D eigenvalue weighted by molar-refractivity contribution is -0.146. The van der Waals surface area contributed by atoms with Crippen molar-refractivity contribution in [3.05, 3.63) is 27.7 Å². The van der Waals surface area contributed by atoms with Crippen molar-refractivity contribution in [3.8, 4) is 0 Å². The fourth-order valence-electron chi connectivity index (χ4n) is 2.76. The summed E-state index contributed by atoms with van der Waals surface area (Å²) >= 11 is 3.44. The predicted octanol–water partition coefficient (Wildman–Crippen LogP) is 3.54. The molecule has 2 rings (SSSR count). The summed E-state index contributed by atoms with van der Waals surface area (Å²) in [4.78, 5) is 25.3. The molecular weight excluding hydrogens is 336 g/mol. The highest BCUT2D eigenvalue weighted by Crippen LogP contribution is 2.32. The third-order valence-electron chi connectivity index (χ3n) is 4.01. The number of halogens is 1. The monoisotopic (exact) mass is 354 g/mol. The van der Waals surface area contributed by atoms with E-state index in [1.165, 1.54) is 4.90 Å². The molecule has 1 aliphatic rings. The standard InChI is InChI=1S/C15H19BrN2O3/c1-9-7-10(2)12(11(16)8-9)17-14(21)18-6-4-5-15(18,3)13(19)20/h7-8H,4-6H2,1-3H3,(H,17,21)(H,19,20). The average Bonchev–Trinajstić information content (AvgIpc) is 2.77. The Hall–Kier alpha value is -1.56. The average molecular weight is 355 g/mol. The molecule has 2 amide bonds. The van der Waals surface area contributed by atoms with Gasteiger partial charge in [-0.25, -0.2) is 9.59 Å². The number of carbonyl (C=O) groups excluding carboxylic acids is 1. The number of aliphatic carboxylic acids is 1. The molecule has 1 aliphatic heterocycles. The van der Waals surface area contributed by atoms with Crippen LogP contribution in [-0.4, -0.2) is 34.1 Å². The van der Waals surface area contributed by atoms with E-state index >= 15 is 0 Å². The number of carbonyl (C=O) groups is 2. The van der Waals surface area contributed by atoms with Crippen LogP contribution in [0.1, 0.15) is 30.9 Å². The Kier molecular flexibility index (Phi) is 4.27. The van der Waals surface area contributed by atoms with E-state index in [9.17, 15) is 14.7 Å². The summed E-state index contributed by atoms with van der Waals surface area (Å²) in [6, 6.07) is 3.52. The van der Waals surface area contributed by atoms with Crippen LogP contribution in [-0.2, 0) is 4.79 Å². The molecule has 5 nitrogen and oxygen atoms in total. The highest BCUT2D eigenvalue weighted by Gasteiger charge is 2.46. The zero-order valence-electron chi connectivity index (χ0n) is 12.4. The first-order valence-electron chi connectivity index (χ1n) is 6.84. The highest BCUT2D eigenvalue weighted by molar-refractivity contribution is 9.10. The van der Waals surface area contributed by atoms with Gasteiger partial charge in [0.25, 0.3) is 0 Å². The molecule has 0 saturated carbocycles. The minimum absolute atomic E-state index is 0.370. The number of nitrogens with one attached hydrogen (secondary N) is 1. The summed E-state index contributed by atoms with van der Waals surface area (Å²) in [5.74, 6) is -0.963. The molecule has 0 bridgehead atoms. The van der Waals surface area contributed by atoms with Gasteiger partial charge in [0.2, 0.25) is 0 Å². The van der Waals surface area contributed by atoms with Crippen LogP contribution in [0.2, 0.25) is 0 Å². The van der Waals surface area contributed by atoms with Crippen LogP contribution in [0.15, 0.2) is 16.6 Å². The van der Waals surface area contributed by atoms with Gasteiger partial charge in [-0.05, 0) is 66.7 Å². The van der Waals surface area contributed by atoms with Crippen LogP contribution >= 0.6 is 15.9 Å². The molecule has 1 saturated heterocycles. The van der Waals surface area contributed by atoms with E-state index in [4.69, 9.17) is 0 Å². The number of hydrogen-bond donors (Lipinski definition) is 2. The van der Waals surface area contributed by atoms with E-state index in [1.807, 2.05) is 26.0 Å². The molecule has 21 heavy (non-hydrogen) atoms. The Morgan fingerprint density at radius 2 is 2.05 bits per heavy atom. The molecule has 1 aromatic carbocycles. The molecule has 1 fully saturated rings. The number of carboxylic acids is 1. The number of anilines is 1. The fourth-order valence-corrected chi connectivity index (χ4v) is 3.53. The minimum Gasteiger partial charge on any atom is -0.480 e. The lowest BCUT2D eigenvalue weighted by Gasteiger charge is -2.31. The van der Waals surface area contributed by atoms with E-state index < -0.39 is 11.5 Å². The van der Waals surface area contributed by atoms with Gasteiger partial charge in [-0.2, -0.15) is 0 Å². The Morgan fingerprint density at radius 1 is 1.38 bits per heavy atom. The Balaban J connectivity index is 2.25. The van der Waals surface area contributed by atoms with Crippen molar-refractivity contribution in [2.75, 3.05) is 11.9 Å². The SMILES string of the molecule is Cc1cc(C)c(NC(=O)N2CCCC2(C)C(=O)O)c(Br)c1. The van der Waals surface area contributed by atoms with Gasteiger partial charge < -0.3 is 15.3 Å². The number of hydrogen-bond acceptors (Lipinski definition) is 2. The highest BCUT2D eigenvalue weighted by atomic mass is 79.9. The zero-order chi connectivity index (χ0) is 15.8. The van der Waals surface area contributed by atoms with Crippen molar-refractivity contribution in [1.29, 1.82) is 0 Å². The van der Waals surface area contributed by atoms with Crippen molar-refractivity contribution in [2.45, 2.75) is 39.2 Å². The maximum absolute atomic E-state index is 12.5. The number of likely N-dealkylation sites (tertiary alicyclic amines) is 1. The number of carboxylic acid groups (broad SMARTS) is 1. The van der Waals surface area contributed by atoms with Crippen molar-refractivity contribution < 1.29 is 14.7 Å².